The Morgan fingerprint density at radius 1 is 0.651 bits per heavy atom. The summed E-state index contributed by atoms with van der Waals surface area (Å²) in [5.74, 6) is 2.23. The van der Waals surface area contributed by atoms with Gasteiger partial charge in [0, 0.05) is 50.7 Å². The van der Waals surface area contributed by atoms with Crippen LogP contribution < -0.4 is 29.9 Å². The molecule has 2 heterocycles. The fourth-order valence-electron chi connectivity index (χ4n) is 13.2. The van der Waals surface area contributed by atoms with E-state index in [2.05, 4.69) is 60.8 Å². The lowest BCUT2D eigenvalue weighted by Crippen LogP contribution is -2.41. The number of unbranched alkanes of at least 4 members (excludes halogenated alkanes) is 2. The average Bonchev–Trinajstić information content (AvgIpc) is 0.750. The lowest BCUT2D eigenvalue weighted by molar-refractivity contribution is -0.137. The maximum absolute atomic E-state index is 15.5. The zero-order chi connectivity index (χ0) is 59.5. The lowest BCUT2D eigenvalue weighted by atomic mass is 9.68. The van der Waals surface area contributed by atoms with Crippen molar-refractivity contribution in [1.82, 2.24) is 0 Å². The van der Waals surface area contributed by atoms with E-state index in [0.29, 0.717) is 61.6 Å². The average molecular weight is 1150 g/mol. The van der Waals surface area contributed by atoms with Crippen LogP contribution in [0.25, 0.3) is 49.9 Å². The first-order chi connectivity index (χ1) is 41.9. The van der Waals surface area contributed by atoms with Crippen LogP contribution in [0.4, 0.5) is 18.9 Å². The topological polar surface area (TPSA) is 96.2 Å². The molecule has 8 nitrogen and oxygen atoms in total. The number of hydrogen-bond donors (Lipinski definition) is 1. The molecule has 0 bridgehead atoms. The first-order valence-corrected chi connectivity index (χ1v) is 29.5. The molecular formula is C75H66F3NO7. The van der Waals surface area contributed by atoms with Gasteiger partial charge in [-0.05, 0) is 160 Å². The summed E-state index contributed by atoms with van der Waals surface area (Å²) in [6.07, 6.45) is 8.71. The summed E-state index contributed by atoms with van der Waals surface area (Å²) in [7, 11) is 4.75. The fraction of sp³-hybridized carbons (Fsp3) is 0.227. The smallest absolute Gasteiger partial charge is 0.417 e. The number of rotatable bonds is 17. The van der Waals surface area contributed by atoms with E-state index in [4.69, 9.17) is 23.4 Å². The molecule has 1 saturated carbocycles. The maximum Gasteiger partial charge on any atom is 0.417 e. The Hall–Kier alpha value is -9.35. The Kier molecular flexibility index (Phi) is 16.1. The first kappa shape index (κ1) is 57.1. The number of carbonyl (C=O) groups excluding carboxylic acids is 1. The van der Waals surface area contributed by atoms with E-state index in [1.165, 1.54) is 75.3 Å². The zero-order valence-corrected chi connectivity index (χ0v) is 48.5. The van der Waals surface area contributed by atoms with Gasteiger partial charge in [0.2, 0.25) is 0 Å². The van der Waals surface area contributed by atoms with Gasteiger partial charge < -0.3 is 28.7 Å². The van der Waals surface area contributed by atoms with Gasteiger partial charge in [-0.3, -0.25) is 4.79 Å². The number of nitrogens with one attached hydrogen (secondary N) is 1. The minimum absolute atomic E-state index is 0.0252. The summed E-state index contributed by atoms with van der Waals surface area (Å²) >= 11 is 0. The van der Waals surface area contributed by atoms with Crippen molar-refractivity contribution in [1.29, 1.82) is 0 Å². The second-order valence-electron chi connectivity index (χ2n) is 22.6. The van der Waals surface area contributed by atoms with Crippen LogP contribution in [0.3, 0.4) is 0 Å². The summed E-state index contributed by atoms with van der Waals surface area (Å²) in [5.41, 5.74) is 4.79. The van der Waals surface area contributed by atoms with E-state index >= 15 is 13.2 Å². The normalized spacial score (nSPS) is 16.7. The zero-order valence-electron chi connectivity index (χ0n) is 48.5. The van der Waals surface area contributed by atoms with Crippen molar-refractivity contribution in [2.24, 2.45) is 5.92 Å². The van der Waals surface area contributed by atoms with E-state index in [-0.39, 0.29) is 28.0 Å². The molecule has 0 radical (unpaired) electrons. The molecule has 434 valence electrons. The van der Waals surface area contributed by atoms with Gasteiger partial charge in [0.25, 0.3) is 5.91 Å². The molecule has 12 rings (SSSR count). The maximum atomic E-state index is 15.5. The number of benzene rings is 9. The highest BCUT2D eigenvalue weighted by atomic mass is 19.4. The molecule has 10 aromatic rings. The van der Waals surface area contributed by atoms with Crippen LogP contribution in [-0.2, 0) is 11.8 Å². The van der Waals surface area contributed by atoms with Crippen molar-refractivity contribution in [2.75, 3.05) is 26.6 Å². The van der Waals surface area contributed by atoms with Crippen LogP contribution in [0.2, 0.25) is 0 Å². The van der Waals surface area contributed by atoms with Crippen molar-refractivity contribution < 1.29 is 41.3 Å². The van der Waals surface area contributed by atoms with Gasteiger partial charge in [-0.1, -0.05) is 154 Å². The molecule has 1 amide bonds. The number of methoxy groups -OCH3 is 3. The first-order valence-electron chi connectivity index (χ1n) is 29.5. The van der Waals surface area contributed by atoms with Gasteiger partial charge in [0.1, 0.15) is 23.0 Å². The van der Waals surface area contributed by atoms with Crippen LogP contribution in [-0.4, -0.2) is 27.2 Å². The summed E-state index contributed by atoms with van der Waals surface area (Å²) in [5, 5.41) is 4.30. The van der Waals surface area contributed by atoms with Crippen LogP contribution in [0, 0.1) is 5.92 Å². The summed E-state index contributed by atoms with van der Waals surface area (Å²) in [6, 6.07) is 59.5. The molecule has 11 heteroatoms. The Balaban J connectivity index is 0.930. The van der Waals surface area contributed by atoms with Crippen molar-refractivity contribution in [2.45, 2.75) is 81.9 Å². The third kappa shape index (κ3) is 11.0. The molecule has 0 spiro atoms. The third-order valence-electron chi connectivity index (χ3n) is 17.6. The predicted octanol–water partition coefficient (Wildman–Crippen LogP) is 19.0. The van der Waals surface area contributed by atoms with E-state index in [9.17, 15) is 9.59 Å². The molecule has 1 aliphatic carbocycles. The van der Waals surface area contributed by atoms with Gasteiger partial charge in [0.15, 0.2) is 5.60 Å². The van der Waals surface area contributed by atoms with Gasteiger partial charge >= 0.3 is 11.8 Å². The highest BCUT2D eigenvalue weighted by molar-refractivity contribution is 6.15. The molecule has 86 heavy (non-hydrogen) atoms. The number of amides is 1. The van der Waals surface area contributed by atoms with Crippen LogP contribution in [0.5, 0.6) is 23.0 Å². The number of hydrogen-bond acceptors (Lipinski definition) is 7. The Labute approximate surface area is 498 Å². The number of carbonyl (C=O) groups is 1. The Morgan fingerprint density at radius 3 is 1.94 bits per heavy atom. The Morgan fingerprint density at radius 2 is 1.30 bits per heavy atom. The van der Waals surface area contributed by atoms with Gasteiger partial charge in [0.05, 0.1) is 38.5 Å². The van der Waals surface area contributed by atoms with E-state index < -0.39 is 34.8 Å². The number of fused-ring (bicyclic) bond motifs is 6. The summed E-state index contributed by atoms with van der Waals surface area (Å²) in [4.78, 5) is 28.3. The lowest BCUT2D eigenvalue weighted by Gasteiger charge is -2.45. The van der Waals surface area contributed by atoms with Gasteiger partial charge in [-0.2, -0.15) is 13.2 Å². The highest BCUT2D eigenvalue weighted by Crippen LogP contribution is 2.58. The molecule has 1 N–H and O–H groups in total. The van der Waals surface area contributed by atoms with Gasteiger partial charge in [-0.15, -0.1) is 0 Å². The highest BCUT2D eigenvalue weighted by Gasteiger charge is 2.50. The standard InChI is InChI=1S/C75H66F3NO7/c1-5-6-9-14-47-19-21-48(22-20-47)49-23-25-50(26-24-49)51-27-29-54(30-28-51)72(80)79-57-34-39-60(66(44-57)75(76,77)78)55-31-38-62-63(43-55)61-41-42-85-73(81)70(61)64-46-67(69(52-15-10-7-11-16-52)53-17-12-8-13-18-53)74(86-71(62)64,56-32-35-58(82-2)36-33-56)65-40-37-59(83-3)45-68(65)84-4/h7-8,10-13,15-18,23-48,69H,5-6,9,14,19-22H2,1-4H3,(H,79,80)/t47-,48-,74?. The Bertz CT molecular complexity index is 4130. The number of anilines is 1. The molecule has 0 saturated heterocycles. The van der Waals surface area contributed by atoms with Crippen molar-refractivity contribution >= 4 is 39.2 Å². The SMILES string of the molecule is CCCCC[C@H]1CC[C@H](c2ccc(-c3ccc(C(=O)Nc4ccc(-c5ccc6c7c(c8c(=O)occc8c6c5)C=C(C(c5ccccc5)c5ccccc5)C(c5ccc(OC)cc5)(c5ccc(OC)cc5OC)O7)c(C(F)(F)F)c4)cc3)cc2)CC1. The molecule has 2 aliphatic rings. The summed E-state index contributed by atoms with van der Waals surface area (Å²) < 4.78 is 77.7. The number of halogens is 3. The predicted molar refractivity (Wildman–Crippen MR) is 336 cm³/mol. The van der Waals surface area contributed by atoms with Crippen LogP contribution in [0.1, 0.15) is 119 Å². The van der Waals surface area contributed by atoms with E-state index in [1.807, 2.05) is 91.0 Å². The summed E-state index contributed by atoms with van der Waals surface area (Å²) in [6.45, 7) is 2.26. The molecule has 1 atom stereocenters. The van der Waals surface area contributed by atoms with E-state index in [0.717, 1.165) is 39.8 Å². The third-order valence-corrected chi connectivity index (χ3v) is 17.6. The van der Waals surface area contributed by atoms with Crippen LogP contribution in [0.15, 0.2) is 215 Å². The van der Waals surface area contributed by atoms with Crippen LogP contribution >= 0.6 is 0 Å². The van der Waals surface area contributed by atoms with Crippen molar-refractivity contribution in [3.05, 3.63) is 261 Å². The number of ether oxygens (including phenoxy) is 4. The largest absolute Gasteiger partial charge is 0.497 e. The molecular weight excluding hydrogens is 1080 g/mol. The molecule has 1 aliphatic heterocycles. The minimum atomic E-state index is -4.84. The quantitative estimate of drug-likeness (QED) is 0.0717. The van der Waals surface area contributed by atoms with Crippen molar-refractivity contribution in [3.63, 3.8) is 0 Å². The molecule has 1 aromatic heterocycles. The fourth-order valence-corrected chi connectivity index (χ4v) is 13.2. The van der Waals surface area contributed by atoms with E-state index in [1.54, 1.807) is 63.8 Å². The molecule has 9 aromatic carbocycles. The minimum Gasteiger partial charge on any atom is -0.497 e. The molecule has 1 unspecified atom stereocenters. The molecule has 1 fully saturated rings. The van der Waals surface area contributed by atoms with Gasteiger partial charge in [-0.25, -0.2) is 4.79 Å². The second kappa shape index (κ2) is 24.3. The van der Waals surface area contributed by atoms with Crippen molar-refractivity contribution in [3.8, 4) is 45.3 Å². The second-order valence-corrected chi connectivity index (χ2v) is 22.6. The number of alkyl halides is 3. The monoisotopic (exact) mass is 1150 g/mol.